The molecule has 1 atom stereocenters. The maximum atomic E-state index is 12.1. The minimum absolute atomic E-state index is 0.277. The van der Waals surface area contributed by atoms with Crippen molar-refractivity contribution in [3.63, 3.8) is 0 Å². The molecule has 3 aromatic rings. The third-order valence-corrected chi connectivity index (χ3v) is 5.37. The monoisotopic (exact) mass is 516 g/mol. The normalized spacial score (nSPS) is 11.9. The highest BCUT2D eigenvalue weighted by atomic mass is 79.9. The Morgan fingerprint density at radius 3 is 2.59 bits per heavy atom. The number of carbonyl (C=O) groups excluding carboxylic acids is 1. The van der Waals surface area contributed by atoms with E-state index in [4.69, 9.17) is 21.1 Å². The highest BCUT2D eigenvalue weighted by Gasteiger charge is 2.16. The van der Waals surface area contributed by atoms with Gasteiger partial charge in [0.15, 0.2) is 17.6 Å². The molecular formula is C24H22BrClN2O4. The lowest BCUT2D eigenvalue weighted by atomic mass is 10.1. The van der Waals surface area contributed by atoms with Gasteiger partial charge in [-0.25, -0.2) is 5.43 Å². The predicted molar refractivity (Wildman–Crippen MR) is 128 cm³/mol. The molecule has 0 aliphatic heterocycles. The predicted octanol–water partition coefficient (Wildman–Crippen LogP) is 5.26. The number of benzene rings is 3. The van der Waals surface area contributed by atoms with Crippen LogP contribution in [0.1, 0.15) is 29.7 Å². The molecule has 3 aromatic carbocycles. The Balaban J connectivity index is 1.70. The number of rotatable bonds is 9. The maximum Gasteiger partial charge on any atom is 0.273 e. The quantitative estimate of drug-likeness (QED) is 0.300. The van der Waals surface area contributed by atoms with Crippen LogP contribution < -0.4 is 14.9 Å². The standard InChI is InChI=1S/C24H22BrClN2O4/c1-2-31-21-13-16(14-27-28-24(30)22(29)17-8-4-3-5-9-17)12-19(25)23(21)32-15-18-10-6-7-11-20(18)26/h3-14,22,29H,2,15H2,1H3,(H,28,30)/b27-14-/t22-/m1/s1. The second-order valence-electron chi connectivity index (χ2n) is 6.69. The average Bonchev–Trinajstić information content (AvgIpc) is 2.80. The van der Waals surface area contributed by atoms with Gasteiger partial charge in [0.25, 0.3) is 5.91 Å². The van der Waals surface area contributed by atoms with Crippen LogP contribution >= 0.6 is 27.5 Å². The molecule has 2 N–H and O–H groups in total. The molecule has 0 heterocycles. The first-order valence-corrected chi connectivity index (χ1v) is 11.0. The summed E-state index contributed by atoms with van der Waals surface area (Å²) in [6.45, 7) is 2.59. The number of hydrogen-bond donors (Lipinski definition) is 2. The molecule has 0 radical (unpaired) electrons. The fraction of sp³-hybridized carbons (Fsp3) is 0.167. The number of carbonyl (C=O) groups is 1. The van der Waals surface area contributed by atoms with Crippen molar-refractivity contribution >= 4 is 39.7 Å². The molecule has 0 saturated carbocycles. The number of ether oxygens (including phenoxy) is 2. The molecule has 0 spiro atoms. The van der Waals surface area contributed by atoms with Crippen LogP contribution in [0.4, 0.5) is 0 Å². The second kappa shape index (κ2) is 11.7. The summed E-state index contributed by atoms with van der Waals surface area (Å²) in [4.78, 5) is 12.1. The number of halogens is 2. The summed E-state index contributed by atoms with van der Waals surface area (Å²) in [5, 5.41) is 14.7. The van der Waals surface area contributed by atoms with Crippen LogP contribution in [0.2, 0.25) is 5.02 Å². The third kappa shape index (κ3) is 6.32. The Kier molecular flexibility index (Phi) is 8.67. The Morgan fingerprint density at radius 1 is 1.16 bits per heavy atom. The fourth-order valence-electron chi connectivity index (χ4n) is 2.85. The van der Waals surface area contributed by atoms with Crippen LogP contribution in [0.5, 0.6) is 11.5 Å². The third-order valence-electron chi connectivity index (χ3n) is 4.41. The van der Waals surface area contributed by atoms with Gasteiger partial charge in [0.05, 0.1) is 17.3 Å². The summed E-state index contributed by atoms with van der Waals surface area (Å²) < 4.78 is 12.3. The summed E-state index contributed by atoms with van der Waals surface area (Å²) >= 11 is 9.72. The van der Waals surface area contributed by atoms with Gasteiger partial charge in [-0.2, -0.15) is 5.10 Å². The molecule has 0 aliphatic rings. The van der Waals surface area contributed by atoms with Crippen molar-refractivity contribution in [3.8, 4) is 11.5 Å². The number of hydrogen-bond acceptors (Lipinski definition) is 5. The number of nitrogens with zero attached hydrogens (tertiary/aromatic N) is 1. The molecule has 0 saturated heterocycles. The Hall–Kier alpha value is -2.87. The highest BCUT2D eigenvalue weighted by molar-refractivity contribution is 9.10. The lowest BCUT2D eigenvalue weighted by Gasteiger charge is -2.15. The van der Waals surface area contributed by atoms with Gasteiger partial charge in [-0.1, -0.05) is 60.1 Å². The van der Waals surface area contributed by atoms with Crippen molar-refractivity contribution in [2.24, 2.45) is 5.10 Å². The molecule has 8 heteroatoms. The van der Waals surface area contributed by atoms with Crippen LogP contribution in [-0.2, 0) is 11.4 Å². The van der Waals surface area contributed by atoms with Gasteiger partial charge in [0.2, 0.25) is 0 Å². The molecule has 0 fully saturated rings. The fourth-order valence-corrected chi connectivity index (χ4v) is 3.61. The summed E-state index contributed by atoms with van der Waals surface area (Å²) in [6.07, 6.45) is 0.153. The zero-order valence-electron chi connectivity index (χ0n) is 17.3. The van der Waals surface area contributed by atoms with E-state index >= 15 is 0 Å². The van der Waals surface area contributed by atoms with Gasteiger partial charge in [-0.15, -0.1) is 0 Å². The minimum atomic E-state index is -1.31. The van der Waals surface area contributed by atoms with Crippen LogP contribution in [0, 0.1) is 0 Å². The topological polar surface area (TPSA) is 80.2 Å². The van der Waals surface area contributed by atoms with Crippen molar-refractivity contribution in [1.82, 2.24) is 5.43 Å². The van der Waals surface area contributed by atoms with E-state index in [9.17, 15) is 9.90 Å². The SMILES string of the molecule is CCOc1cc(/C=N\NC(=O)[C@H](O)c2ccccc2)cc(Br)c1OCc1ccccc1Cl. The first-order valence-electron chi connectivity index (χ1n) is 9.88. The zero-order chi connectivity index (χ0) is 22.9. The number of hydrazone groups is 1. The molecule has 6 nitrogen and oxygen atoms in total. The first kappa shape index (κ1) is 23.8. The molecule has 3 rings (SSSR count). The molecule has 0 aliphatic carbocycles. The Morgan fingerprint density at radius 2 is 1.88 bits per heavy atom. The Bertz CT molecular complexity index is 1090. The van der Waals surface area contributed by atoms with Gasteiger partial charge in [0, 0.05) is 10.6 Å². The lowest BCUT2D eigenvalue weighted by molar-refractivity contribution is -0.129. The van der Waals surface area contributed by atoms with Crippen molar-refractivity contribution in [2.75, 3.05) is 6.61 Å². The summed E-state index contributed by atoms with van der Waals surface area (Å²) in [5.74, 6) is 0.426. The van der Waals surface area contributed by atoms with E-state index in [-0.39, 0.29) is 6.61 Å². The summed E-state index contributed by atoms with van der Waals surface area (Å²) in [6, 6.07) is 19.6. The van der Waals surface area contributed by atoms with E-state index in [1.807, 2.05) is 31.2 Å². The lowest BCUT2D eigenvalue weighted by Crippen LogP contribution is -2.25. The molecule has 166 valence electrons. The highest BCUT2D eigenvalue weighted by Crippen LogP contribution is 2.37. The van der Waals surface area contributed by atoms with E-state index in [0.717, 1.165) is 5.56 Å². The van der Waals surface area contributed by atoms with Crippen LogP contribution in [0.25, 0.3) is 0 Å². The smallest absolute Gasteiger partial charge is 0.273 e. The van der Waals surface area contributed by atoms with Crippen LogP contribution in [0.15, 0.2) is 76.3 Å². The Labute approximate surface area is 200 Å². The van der Waals surface area contributed by atoms with Gasteiger partial charge >= 0.3 is 0 Å². The number of aliphatic hydroxyl groups is 1. The second-order valence-corrected chi connectivity index (χ2v) is 7.95. The van der Waals surface area contributed by atoms with Crippen molar-refractivity contribution in [2.45, 2.75) is 19.6 Å². The molecule has 32 heavy (non-hydrogen) atoms. The van der Waals surface area contributed by atoms with E-state index < -0.39 is 12.0 Å². The van der Waals surface area contributed by atoms with E-state index in [1.165, 1.54) is 6.21 Å². The zero-order valence-corrected chi connectivity index (χ0v) is 19.6. The molecule has 0 aromatic heterocycles. The molecule has 0 bridgehead atoms. The van der Waals surface area contributed by atoms with E-state index in [1.54, 1.807) is 42.5 Å². The van der Waals surface area contributed by atoms with Crippen LogP contribution in [0.3, 0.4) is 0 Å². The molecular weight excluding hydrogens is 496 g/mol. The maximum absolute atomic E-state index is 12.1. The van der Waals surface area contributed by atoms with Gasteiger partial charge in [0.1, 0.15) is 6.61 Å². The van der Waals surface area contributed by atoms with Crippen molar-refractivity contribution in [1.29, 1.82) is 0 Å². The van der Waals surface area contributed by atoms with Gasteiger partial charge < -0.3 is 14.6 Å². The minimum Gasteiger partial charge on any atom is -0.490 e. The first-order chi connectivity index (χ1) is 15.5. The van der Waals surface area contributed by atoms with E-state index in [0.29, 0.717) is 38.7 Å². The number of nitrogens with one attached hydrogen (secondary N) is 1. The van der Waals surface area contributed by atoms with Crippen LogP contribution in [-0.4, -0.2) is 23.8 Å². The van der Waals surface area contributed by atoms with Crippen molar-refractivity contribution < 1.29 is 19.4 Å². The average molecular weight is 518 g/mol. The molecule has 0 unspecified atom stereocenters. The van der Waals surface area contributed by atoms with E-state index in [2.05, 4.69) is 26.5 Å². The van der Waals surface area contributed by atoms with Gasteiger partial charge in [-0.05, 0) is 52.2 Å². The number of aliphatic hydroxyl groups excluding tert-OH is 1. The molecule has 1 amide bonds. The van der Waals surface area contributed by atoms with Crippen molar-refractivity contribution in [3.05, 3.63) is 92.9 Å². The number of amides is 1. The largest absolute Gasteiger partial charge is 0.490 e. The summed E-state index contributed by atoms with van der Waals surface area (Å²) in [7, 11) is 0. The van der Waals surface area contributed by atoms with Gasteiger partial charge in [-0.3, -0.25) is 4.79 Å². The summed E-state index contributed by atoms with van der Waals surface area (Å²) in [5.41, 5.74) is 4.36.